The molecule has 4 nitrogen and oxygen atoms in total. The number of hydrogen-bond acceptors (Lipinski definition) is 3. The van der Waals surface area contributed by atoms with E-state index in [2.05, 4.69) is 46.3 Å². The molecule has 1 aliphatic rings. The lowest BCUT2D eigenvalue weighted by molar-refractivity contribution is 0.404. The van der Waals surface area contributed by atoms with E-state index in [0.717, 1.165) is 12.2 Å². The summed E-state index contributed by atoms with van der Waals surface area (Å²) in [6.45, 7) is 3.56. The van der Waals surface area contributed by atoms with Crippen LogP contribution in [0.1, 0.15) is 36.4 Å². The molecule has 0 amide bonds. The SMILES string of the molecule is Cc1ccccc1-n1ncc(NCCN)c1C1CCC1. The second-order valence-electron chi connectivity index (χ2n) is 5.49. The Morgan fingerprint density at radius 3 is 2.80 bits per heavy atom. The van der Waals surface area contributed by atoms with Gasteiger partial charge in [-0.15, -0.1) is 0 Å². The van der Waals surface area contributed by atoms with Crippen LogP contribution in [0.5, 0.6) is 0 Å². The lowest BCUT2D eigenvalue weighted by Gasteiger charge is -2.28. The van der Waals surface area contributed by atoms with Crippen LogP contribution in [0.3, 0.4) is 0 Å². The summed E-state index contributed by atoms with van der Waals surface area (Å²) >= 11 is 0. The van der Waals surface area contributed by atoms with Crippen molar-refractivity contribution in [2.45, 2.75) is 32.1 Å². The fraction of sp³-hybridized carbons (Fsp3) is 0.438. The molecule has 1 heterocycles. The van der Waals surface area contributed by atoms with Gasteiger partial charge in [0.1, 0.15) is 0 Å². The molecule has 1 aliphatic carbocycles. The van der Waals surface area contributed by atoms with Crippen LogP contribution in [0, 0.1) is 6.92 Å². The molecule has 0 atom stereocenters. The molecule has 0 radical (unpaired) electrons. The fourth-order valence-corrected chi connectivity index (χ4v) is 2.77. The van der Waals surface area contributed by atoms with Gasteiger partial charge in [-0.25, -0.2) is 4.68 Å². The molecule has 0 unspecified atom stereocenters. The van der Waals surface area contributed by atoms with Gasteiger partial charge in [-0.2, -0.15) is 5.10 Å². The Hall–Kier alpha value is -1.81. The predicted octanol–water partition coefficient (Wildman–Crippen LogP) is 2.82. The Morgan fingerprint density at radius 1 is 1.35 bits per heavy atom. The van der Waals surface area contributed by atoms with Gasteiger partial charge in [0.05, 0.1) is 23.3 Å². The molecular weight excluding hydrogens is 248 g/mol. The van der Waals surface area contributed by atoms with Gasteiger partial charge in [0.15, 0.2) is 0 Å². The Morgan fingerprint density at radius 2 is 2.15 bits per heavy atom. The maximum Gasteiger partial charge on any atom is 0.0767 e. The number of nitrogens with zero attached hydrogens (tertiary/aromatic N) is 2. The molecule has 1 aromatic carbocycles. The number of hydrogen-bond donors (Lipinski definition) is 2. The topological polar surface area (TPSA) is 55.9 Å². The highest BCUT2D eigenvalue weighted by Crippen LogP contribution is 2.41. The lowest BCUT2D eigenvalue weighted by atomic mass is 9.82. The molecule has 3 rings (SSSR count). The molecule has 2 aromatic rings. The number of benzene rings is 1. The lowest BCUT2D eigenvalue weighted by Crippen LogP contribution is -2.18. The number of nitrogens with two attached hydrogens (primary N) is 1. The largest absolute Gasteiger partial charge is 0.381 e. The molecule has 0 saturated heterocycles. The summed E-state index contributed by atoms with van der Waals surface area (Å²) in [6.07, 6.45) is 5.78. The predicted molar refractivity (Wildman–Crippen MR) is 82.4 cm³/mol. The minimum Gasteiger partial charge on any atom is -0.381 e. The molecule has 1 aromatic heterocycles. The van der Waals surface area contributed by atoms with E-state index in [1.807, 2.05) is 6.20 Å². The first-order chi connectivity index (χ1) is 9.81. The van der Waals surface area contributed by atoms with Crippen molar-refractivity contribution in [1.82, 2.24) is 9.78 Å². The average molecular weight is 270 g/mol. The van der Waals surface area contributed by atoms with Crippen LogP contribution in [0.15, 0.2) is 30.5 Å². The van der Waals surface area contributed by atoms with Crippen molar-refractivity contribution < 1.29 is 0 Å². The molecule has 3 N–H and O–H groups in total. The van der Waals surface area contributed by atoms with Gasteiger partial charge in [0.25, 0.3) is 0 Å². The van der Waals surface area contributed by atoms with Gasteiger partial charge in [0.2, 0.25) is 0 Å². The highest BCUT2D eigenvalue weighted by atomic mass is 15.3. The van der Waals surface area contributed by atoms with Crippen molar-refractivity contribution in [3.63, 3.8) is 0 Å². The van der Waals surface area contributed by atoms with Crippen molar-refractivity contribution in [3.05, 3.63) is 41.7 Å². The van der Waals surface area contributed by atoms with Gasteiger partial charge in [-0.1, -0.05) is 24.6 Å². The number of para-hydroxylation sites is 1. The van der Waals surface area contributed by atoms with Gasteiger partial charge >= 0.3 is 0 Å². The average Bonchev–Trinajstić information content (AvgIpc) is 2.79. The first kappa shape index (κ1) is 13.2. The Labute approximate surface area is 120 Å². The Bertz CT molecular complexity index is 584. The number of aryl methyl sites for hydroxylation is 1. The number of aromatic nitrogens is 2. The summed E-state index contributed by atoms with van der Waals surface area (Å²) in [6, 6.07) is 8.41. The number of nitrogens with one attached hydrogen (secondary N) is 1. The van der Waals surface area contributed by atoms with E-state index in [4.69, 9.17) is 5.73 Å². The van der Waals surface area contributed by atoms with E-state index < -0.39 is 0 Å². The summed E-state index contributed by atoms with van der Waals surface area (Å²) in [5.74, 6) is 0.623. The van der Waals surface area contributed by atoms with Crippen LogP contribution in [-0.4, -0.2) is 22.9 Å². The summed E-state index contributed by atoms with van der Waals surface area (Å²) in [5.41, 5.74) is 10.5. The second kappa shape index (κ2) is 5.67. The molecule has 20 heavy (non-hydrogen) atoms. The molecule has 0 aliphatic heterocycles. The molecule has 0 spiro atoms. The number of anilines is 1. The van der Waals surface area contributed by atoms with E-state index >= 15 is 0 Å². The molecule has 1 saturated carbocycles. The minimum atomic E-state index is 0.623. The zero-order valence-corrected chi connectivity index (χ0v) is 12.0. The third kappa shape index (κ3) is 2.31. The van der Waals surface area contributed by atoms with Crippen LogP contribution in [-0.2, 0) is 0 Å². The molecule has 0 bridgehead atoms. The zero-order valence-electron chi connectivity index (χ0n) is 12.0. The Balaban J connectivity index is 2.02. The summed E-state index contributed by atoms with van der Waals surface area (Å²) < 4.78 is 2.11. The first-order valence-corrected chi connectivity index (χ1v) is 7.39. The maximum absolute atomic E-state index is 5.60. The van der Waals surface area contributed by atoms with E-state index in [1.165, 1.54) is 36.2 Å². The van der Waals surface area contributed by atoms with Gasteiger partial charge in [-0.3, -0.25) is 0 Å². The monoisotopic (exact) mass is 270 g/mol. The van der Waals surface area contributed by atoms with Crippen LogP contribution in [0.2, 0.25) is 0 Å². The smallest absolute Gasteiger partial charge is 0.0767 e. The first-order valence-electron chi connectivity index (χ1n) is 7.39. The van der Waals surface area contributed by atoms with Gasteiger partial charge in [0, 0.05) is 19.0 Å². The third-order valence-electron chi connectivity index (χ3n) is 4.10. The zero-order chi connectivity index (χ0) is 13.9. The summed E-state index contributed by atoms with van der Waals surface area (Å²) in [5, 5.41) is 8.03. The normalized spacial score (nSPS) is 15.1. The van der Waals surface area contributed by atoms with E-state index in [0.29, 0.717) is 12.5 Å². The van der Waals surface area contributed by atoms with Crippen molar-refractivity contribution in [1.29, 1.82) is 0 Å². The summed E-state index contributed by atoms with van der Waals surface area (Å²) in [4.78, 5) is 0. The molecule has 106 valence electrons. The van der Waals surface area contributed by atoms with E-state index in [1.54, 1.807) is 0 Å². The van der Waals surface area contributed by atoms with Crippen LogP contribution in [0.25, 0.3) is 5.69 Å². The Kier molecular flexibility index (Phi) is 3.74. The van der Waals surface area contributed by atoms with Gasteiger partial charge in [-0.05, 0) is 31.4 Å². The van der Waals surface area contributed by atoms with Crippen molar-refractivity contribution in [2.75, 3.05) is 18.4 Å². The quantitative estimate of drug-likeness (QED) is 0.878. The maximum atomic E-state index is 5.60. The minimum absolute atomic E-state index is 0.623. The molecule has 1 fully saturated rings. The highest BCUT2D eigenvalue weighted by Gasteiger charge is 2.27. The van der Waals surface area contributed by atoms with E-state index in [-0.39, 0.29) is 0 Å². The summed E-state index contributed by atoms with van der Waals surface area (Å²) in [7, 11) is 0. The highest BCUT2D eigenvalue weighted by molar-refractivity contribution is 5.53. The van der Waals surface area contributed by atoms with Gasteiger partial charge < -0.3 is 11.1 Å². The van der Waals surface area contributed by atoms with Crippen LogP contribution < -0.4 is 11.1 Å². The van der Waals surface area contributed by atoms with E-state index in [9.17, 15) is 0 Å². The molecule has 4 heteroatoms. The van der Waals surface area contributed by atoms with Crippen molar-refractivity contribution in [2.24, 2.45) is 5.73 Å². The van der Waals surface area contributed by atoms with Crippen LogP contribution >= 0.6 is 0 Å². The second-order valence-corrected chi connectivity index (χ2v) is 5.49. The number of rotatable bonds is 5. The fourth-order valence-electron chi connectivity index (χ4n) is 2.77. The standard InChI is InChI=1S/C16H22N4/c1-12-5-2-3-8-15(12)20-16(13-6-4-7-13)14(11-19-20)18-10-9-17/h2-3,5,8,11,13,18H,4,6-7,9-10,17H2,1H3. The van der Waals surface area contributed by atoms with Crippen molar-refractivity contribution in [3.8, 4) is 5.69 Å². The van der Waals surface area contributed by atoms with Crippen LogP contribution in [0.4, 0.5) is 5.69 Å². The third-order valence-corrected chi connectivity index (χ3v) is 4.10. The van der Waals surface area contributed by atoms with Crippen molar-refractivity contribution >= 4 is 5.69 Å². The molecular formula is C16H22N4.